The Morgan fingerprint density at radius 2 is 1.55 bits per heavy atom. The SMILES string of the molecule is CCn1c2ccc(C=C3C(=O)c4ccccc4C3=O)cc2c2cc(/C(C)=N/O)ccc21. The van der Waals surface area contributed by atoms with Crippen LogP contribution in [0.1, 0.15) is 45.7 Å². The Bertz CT molecular complexity index is 1430. The maximum Gasteiger partial charge on any atom is 0.197 e. The van der Waals surface area contributed by atoms with E-state index in [0.717, 1.165) is 39.5 Å². The molecule has 1 aromatic heterocycles. The first-order chi connectivity index (χ1) is 15.0. The van der Waals surface area contributed by atoms with Crippen molar-refractivity contribution in [3.63, 3.8) is 0 Å². The molecule has 0 radical (unpaired) electrons. The van der Waals surface area contributed by atoms with Crippen LogP contribution in [-0.4, -0.2) is 27.1 Å². The Hall–Kier alpha value is -3.99. The quantitative estimate of drug-likeness (QED) is 0.161. The van der Waals surface area contributed by atoms with E-state index in [4.69, 9.17) is 5.21 Å². The molecule has 0 saturated heterocycles. The standard InChI is InChI=1S/C26H20N2O3/c1-3-28-23-10-8-16(13-22-25(29)18-6-4-5-7-19(18)26(22)30)12-20(23)21-14-17(15(2)27-31)9-11-24(21)28/h4-14,31H,3H2,1-2H3/b27-15+. The molecule has 1 N–H and O–H groups in total. The number of nitrogens with zero attached hydrogens (tertiary/aromatic N) is 2. The normalized spacial score (nSPS) is 14.0. The van der Waals surface area contributed by atoms with Gasteiger partial charge in [0.1, 0.15) is 0 Å². The van der Waals surface area contributed by atoms with E-state index in [2.05, 4.69) is 16.6 Å². The highest BCUT2D eigenvalue weighted by Crippen LogP contribution is 2.33. The molecular formula is C26H20N2O3. The van der Waals surface area contributed by atoms with Gasteiger partial charge in [-0.25, -0.2) is 0 Å². The molecule has 152 valence electrons. The fraction of sp³-hybridized carbons (Fsp3) is 0.115. The largest absolute Gasteiger partial charge is 0.411 e. The molecule has 5 nitrogen and oxygen atoms in total. The van der Waals surface area contributed by atoms with Gasteiger partial charge in [0.2, 0.25) is 0 Å². The minimum absolute atomic E-state index is 0.198. The van der Waals surface area contributed by atoms with E-state index in [1.807, 2.05) is 36.4 Å². The number of benzene rings is 3. The van der Waals surface area contributed by atoms with Crippen LogP contribution in [0.15, 0.2) is 71.4 Å². The molecule has 1 heterocycles. The van der Waals surface area contributed by atoms with Crippen LogP contribution >= 0.6 is 0 Å². The second kappa shape index (κ2) is 7.06. The lowest BCUT2D eigenvalue weighted by Crippen LogP contribution is -2.00. The first-order valence-electron chi connectivity index (χ1n) is 10.2. The van der Waals surface area contributed by atoms with Crippen LogP contribution in [0.5, 0.6) is 0 Å². The van der Waals surface area contributed by atoms with Crippen molar-refractivity contribution in [1.29, 1.82) is 0 Å². The molecule has 0 saturated carbocycles. The number of carbonyl (C=O) groups is 2. The number of allylic oxidation sites excluding steroid dienone is 1. The summed E-state index contributed by atoms with van der Waals surface area (Å²) < 4.78 is 2.22. The van der Waals surface area contributed by atoms with E-state index in [-0.39, 0.29) is 17.1 Å². The van der Waals surface area contributed by atoms with Gasteiger partial charge in [-0.2, -0.15) is 0 Å². The molecular weight excluding hydrogens is 388 g/mol. The monoisotopic (exact) mass is 408 g/mol. The van der Waals surface area contributed by atoms with E-state index in [1.165, 1.54) is 0 Å². The first kappa shape index (κ1) is 19.0. The fourth-order valence-corrected chi connectivity index (χ4v) is 4.41. The number of Topliss-reactive ketones (excluding diaryl/α,β-unsaturated/α-hetero) is 2. The van der Waals surface area contributed by atoms with E-state index >= 15 is 0 Å². The summed E-state index contributed by atoms with van der Waals surface area (Å²) in [7, 11) is 0. The Balaban J connectivity index is 1.70. The molecule has 31 heavy (non-hydrogen) atoms. The number of aryl methyl sites for hydroxylation is 1. The Morgan fingerprint density at radius 3 is 2.16 bits per heavy atom. The van der Waals surface area contributed by atoms with Crippen LogP contribution in [0.25, 0.3) is 27.9 Å². The van der Waals surface area contributed by atoms with E-state index < -0.39 is 0 Å². The number of fused-ring (bicyclic) bond motifs is 4. The summed E-state index contributed by atoms with van der Waals surface area (Å²) in [4.78, 5) is 25.5. The number of oxime groups is 1. The van der Waals surface area contributed by atoms with Crippen LogP contribution in [0.2, 0.25) is 0 Å². The van der Waals surface area contributed by atoms with Crippen LogP contribution < -0.4 is 0 Å². The van der Waals surface area contributed by atoms with Crippen LogP contribution in [0, 0.1) is 0 Å². The summed E-state index contributed by atoms with van der Waals surface area (Å²) in [6, 6.07) is 18.9. The molecule has 5 heteroatoms. The third-order valence-corrected chi connectivity index (χ3v) is 5.99. The maximum absolute atomic E-state index is 12.8. The van der Waals surface area contributed by atoms with E-state index in [0.29, 0.717) is 16.8 Å². The zero-order chi connectivity index (χ0) is 21.7. The van der Waals surface area contributed by atoms with Crippen molar-refractivity contribution in [2.24, 2.45) is 5.16 Å². The number of aromatic nitrogens is 1. The van der Waals surface area contributed by atoms with Crippen molar-refractivity contribution in [3.05, 3.63) is 88.5 Å². The minimum Gasteiger partial charge on any atom is -0.411 e. The van der Waals surface area contributed by atoms with E-state index in [9.17, 15) is 9.59 Å². The minimum atomic E-state index is -0.228. The van der Waals surface area contributed by atoms with Crippen molar-refractivity contribution in [1.82, 2.24) is 4.57 Å². The fourth-order valence-electron chi connectivity index (χ4n) is 4.41. The molecule has 0 amide bonds. The summed E-state index contributed by atoms with van der Waals surface area (Å²) in [6.07, 6.45) is 1.68. The Morgan fingerprint density at radius 1 is 0.935 bits per heavy atom. The highest BCUT2D eigenvalue weighted by molar-refractivity contribution is 6.41. The summed E-state index contributed by atoms with van der Waals surface area (Å²) in [5.41, 5.74) is 5.45. The highest BCUT2D eigenvalue weighted by Gasteiger charge is 2.32. The van der Waals surface area contributed by atoms with Crippen LogP contribution in [0.4, 0.5) is 0 Å². The van der Waals surface area contributed by atoms with Gasteiger partial charge >= 0.3 is 0 Å². The number of ketones is 2. The van der Waals surface area contributed by atoms with Gasteiger partial charge < -0.3 is 9.77 Å². The van der Waals surface area contributed by atoms with E-state index in [1.54, 1.807) is 37.3 Å². The van der Waals surface area contributed by atoms with Gasteiger partial charge in [0.25, 0.3) is 0 Å². The number of rotatable bonds is 3. The van der Waals surface area contributed by atoms with Gasteiger partial charge in [0.15, 0.2) is 11.6 Å². The van der Waals surface area contributed by atoms with Crippen molar-refractivity contribution in [2.75, 3.05) is 0 Å². The molecule has 4 aromatic rings. The number of carbonyl (C=O) groups excluding carboxylic acids is 2. The molecule has 1 aliphatic rings. The lowest BCUT2D eigenvalue weighted by Gasteiger charge is -2.04. The van der Waals surface area contributed by atoms with Crippen LogP contribution in [0.3, 0.4) is 0 Å². The second-order valence-electron chi connectivity index (χ2n) is 7.70. The smallest absolute Gasteiger partial charge is 0.197 e. The van der Waals surface area contributed by atoms with Gasteiger partial charge in [-0.3, -0.25) is 9.59 Å². The lowest BCUT2D eigenvalue weighted by molar-refractivity contribution is 0.0990. The average molecular weight is 408 g/mol. The molecule has 0 fully saturated rings. The third-order valence-electron chi connectivity index (χ3n) is 5.99. The average Bonchev–Trinajstić information content (AvgIpc) is 3.25. The van der Waals surface area contributed by atoms with Crippen molar-refractivity contribution >= 4 is 45.2 Å². The van der Waals surface area contributed by atoms with Gasteiger partial charge in [-0.05, 0) is 55.3 Å². The zero-order valence-corrected chi connectivity index (χ0v) is 17.2. The topological polar surface area (TPSA) is 71.7 Å². The highest BCUT2D eigenvalue weighted by atomic mass is 16.4. The maximum atomic E-state index is 12.8. The van der Waals surface area contributed by atoms with Crippen LogP contribution in [-0.2, 0) is 6.54 Å². The Kier molecular flexibility index (Phi) is 4.33. The molecule has 0 spiro atoms. The third kappa shape index (κ3) is 2.81. The zero-order valence-electron chi connectivity index (χ0n) is 17.2. The number of hydrogen-bond acceptors (Lipinski definition) is 4. The molecule has 0 bridgehead atoms. The van der Waals surface area contributed by atoms with Crippen molar-refractivity contribution in [2.45, 2.75) is 20.4 Å². The molecule has 0 aliphatic heterocycles. The molecule has 0 unspecified atom stereocenters. The van der Waals surface area contributed by atoms with Crippen molar-refractivity contribution < 1.29 is 14.8 Å². The lowest BCUT2D eigenvalue weighted by atomic mass is 10.0. The molecule has 0 atom stereocenters. The summed E-state index contributed by atoms with van der Waals surface area (Å²) in [5.74, 6) is -0.456. The number of hydrogen-bond donors (Lipinski definition) is 1. The predicted octanol–water partition coefficient (Wildman–Crippen LogP) is 5.48. The summed E-state index contributed by atoms with van der Waals surface area (Å²) >= 11 is 0. The van der Waals surface area contributed by atoms with Crippen molar-refractivity contribution in [3.8, 4) is 0 Å². The Labute approximate surface area is 178 Å². The molecule has 1 aliphatic carbocycles. The van der Waals surface area contributed by atoms with Gasteiger partial charge in [-0.1, -0.05) is 41.6 Å². The van der Waals surface area contributed by atoms with Gasteiger partial charge in [0, 0.05) is 39.5 Å². The molecule has 3 aromatic carbocycles. The van der Waals surface area contributed by atoms with Gasteiger partial charge in [0.05, 0.1) is 11.3 Å². The summed E-state index contributed by atoms with van der Waals surface area (Å²) in [5, 5.41) is 14.5. The van der Waals surface area contributed by atoms with Gasteiger partial charge in [-0.15, -0.1) is 0 Å². The predicted molar refractivity (Wildman–Crippen MR) is 122 cm³/mol. The second-order valence-corrected chi connectivity index (χ2v) is 7.70. The summed E-state index contributed by atoms with van der Waals surface area (Å²) in [6.45, 7) is 4.65. The molecule has 5 rings (SSSR count). The first-order valence-corrected chi connectivity index (χ1v) is 10.2.